The maximum Gasteiger partial charge on any atom is 0.231 e. The summed E-state index contributed by atoms with van der Waals surface area (Å²) in [6.45, 7) is 2.06. The molecule has 0 spiro atoms. The molecule has 2 aliphatic rings. The van der Waals surface area contributed by atoms with Crippen LogP contribution in [0, 0.1) is 11.8 Å². The van der Waals surface area contributed by atoms with Gasteiger partial charge in [0.15, 0.2) is 5.82 Å². The van der Waals surface area contributed by atoms with E-state index in [2.05, 4.69) is 15.6 Å². The Labute approximate surface area is 123 Å². The molecule has 1 saturated carbocycles. The number of carbonyl (C=O) groups is 2. The van der Waals surface area contributed by atoms with Crippen LogP contribution in [0.25, 0.3) is 0 Å². The summed E-state index contributed by atoms with van der Waals surface area (Å²) in [6, 6.07) is 3.43. The van der Waals surface area contributed by atoms with Gasteiger partial charge in [0.25, 0.3) is 0 Å². The van der Waals surface area contributed by atoms with Crippen molar-refractivity contribution < 1.29 is 14.3 Å². The first-order chi connectivity index (χ1) is 10.1. The number of amides is 2. The summed E-state index contributed by atoms with van der Waals surface area (Å²) in [5, 5.41) is 5.49. The number of hydrogen-bond acceptors (Lipinski definition) is 4. The fourth-order valence-electron chi connectivity index (χ4n) is 2.79. The van der Waals surface area contributed by atoms with Crippen LogP contribution in [0.2, 0.25) is 0 Å². The van der Waals surface area contributed by atoms with Gasteiger partial charge < -0.3 is 15.4 Å². The van der Waals surface area contributed by atoms with Gasteiger partial charge in [0.1, 0.15) is 0 Å². The summed E-state index contributed by atoms with van der Waals surface area (Å²) < 4.78 is 5.69. The highest BCUT2D eigenvalue weighted by atomic mass is 16.5. The minimum absolute atomic E-state index is 0.0397. The fraction of sp³-hybridized carbons (Fsp3) is 0.533. The molecule has 3 rings (SSSR count). The van der Waals surface area contributed by atoms with Crippen LogP contribution in [0.1, 0.15) is 26.2 Å². The van der Waals surface area contributed by atoms with Crippen molar-refractivity contribution in [3.63, 3.8) is 0 Å². The van der Waals surface area contributed by atoms with Crippen molar-refractivity contribution >= 4 is 23.3 Å². The zero-order chi connectivity index (χ0) is 14.8. The minimum Gasteiger partial charge on any atom is -0.377 e. The monoisotopic (exact) mass is 289 g/mol. The Morgan fingerprint density at radius 2 is 2.10 bits per heavy atom. The number of aromatic nitrogens is 1. The van der Waals surface area contributed by atoms with Gasteiger partial charge in [-0.1, -0.05) is 0 Å². The van der Waals surface area contributed by atoms with Crippen molar-refractivity contribution in [2.45, 2.75) is 32.3 Å². The van der Waals surface area contributed by atoms with Crippen LogP contribution in [0.4, 0.5) is 11.5 Å². The van der Waals surface area contributed by atoms with Crippen LogP contribution in [0.3, 0.4) is 0 Å². The van der Waals surface area contributed by atoms with Crippen molar-refractivity contribution in [3.05, 3.63) is 18.3 Å². The van der Waals surface area contributed by atoms with Gasteiger partial charge in [-0.2, -0.15) is 0 Å². The van der Waals surface area contributed by atoms with Crippen LogP contribution in [0.15, 0.2) is 18.3 Å². The number of ether oxygens (including phenoxy) is 1. The highest BCUT2D eigenvalue weighted by Crippen LogP contribution is 2.41. The number of hydrogen-bond donors (Lipinski definition) is 2. The third kappa shape index (κ3) is 3.21. The number of nitrogens with zero attached hydrogens (tertiary/aromatic N) is 1. The zero-order valence-electron chi connectivity index (χ0n) is 12.0. The molecule has 1 saturated heterocycles. The molecular formula is C15H19N3O3. The molecule has 0 radical (unpaired) electrons. The first kappa shape index (κ1) is 14.0. The Balaban J connectivity index is 1.71. The van der Waals surface area contributed by atoms with E-state index in [-0.39, 0.29) is 23.8 Å². The van der Waals surface area contributed by atoms with Crippen LogP contribution < -0.4 is 10.6 Å². The molecule has 2 amide bonds. The van der Waals surface area contributed by atoms with Crippen molar-refractivity contribution in [1.29, 1.82) is 0 Å². The molecule has 1 aromatic heterocycles. The van der Waals surface area contributed by atoms with Gasteiger partial charge in [0, 0.05) is 19.7 Å². The number of pyridine rings is 1. The number of rotatable bonds is 4. The lowest BCUT2D eigenvalue weighted by molar-refractivity contribution is -0.122. The van der Waals surface area contributed by atoms with Crippen molar-refractivity contribution in [3.8, 4) is 0 Å². The lowest BCUT2D eigenvalue weighted by Crippen LogP contribution is -2.31. The van der Waals surface area contributed by atoms with E-state index >= 15 is 0 Å². The molecule has 112 valence electrons. The lowest BCUT2D eigenvalue weighted by Gasteiger charge is -2.18. The smallest absolute Gasteiger partial charge is 0.231 e. The van der Waals surface area contributed by atoms with Crippen LogP contribution in [-0.4, -0.2) is 29.5 Å². The Bertz CT molecular complexity index is 557. The SMILES string of the molecule is CC(=O)Nc1cccnc1NC(=O)[C@@H]1CCO[C@H]1C1CC1. The second-order valence-electron chi connectivity index (χ2n) is 5.64. The Hall–Kier alpha value is -1.95. The molecule has 1 aliphatic carbocycles. The van der Waals surface area contributed by atoms with Crippen molar-refractivity contribution in [1.82, 2.24) is 4.98 Å². The van der Waals surface area contributed by atoms with Gasteiger partial charge in [-0.05, 0) is 37.3 Å². The standard InChI is InChI=1S/C15H19N3O3/c1-9(19)17-12-3-2-7-16-14(12)18-15(20)11-6-8-21-13(11)10-4-5-10/h2-3,7,10-11,13H,4-6,8H2,1H3,(H,17,19)(H,16,18,20)/t11-,13+/m1/s1. The quantitative estimate of drug-likeness (QED) is 0.885. The van der Waals surface area contributed by atoms with E-state index in [1.807, 2.05) is 0 Å². The molecule has 6 heteroatoms. The molecule has 2 heterocycles. The summed E-state index contributed by atoms with van der Waals surface area (Å²) >= 11 is 0. The van der Waals surface area contributed by atoms with Crippen LogP contribution in [0.5, 0.6) is 0 Å². The minimum atomic E-state index is -0.196. The summed E-state index contributed by atoms with van der Waals surface area (Å²) in [7, 11) is 0. The van der Waals surface area contributed by atoms with Crippen LogP contribution in [-0.2, 0) is 14.3 Å². The van der Waals surface area contributed by atoms with Gasteiger partial charge in [-0.15, -0.1) is 0 Å². The molecule has 0 unspecified atom stereocenters. The van der Waals surface area contributed by atoms with E-state index in [1.165, 1.54) is 6.92 Å². The molecule has 2 fully saturated rings. The van der Waals surface area contributed by atoms with Crippen molar-refractivity contribution in [2.24, 2.45) is 11.8 Å². The predicted molar refractivity (Wildman–Crippen MR) is 77.7 cm³/mol. The number of nitrogens with one attached hydrogen (secondary N) is 2. The third-order valence-electron chi connectivity index (χ3n) is 3.92. The van der Waals surface area contributed by atoms with Gasteiger partial charge in [0.05, 0.1) is 17.7 Å². The first-order valence-electron chi connectivity index (χ1n) is 7.30. The highest BCUT2D eigenvalue weighted by molar-refractivity contribution is 5.98. The van der Waals surface area contributed by atoms with Gasteiger partial charge in [0.2, 0.25) is 11.8 Å². The van der Waals surface area contributed by atoms with E-state index in [0.29, 0.717) is 24.0 Å². The molecule has 1 aromatic rings. The van der Waals surface area contributed by atoms with Gasteiger partial charge >= 0.3 is 0 Å². The number of carbonyl (C=O) groups excluding carboxylic acids is 2. The van der Waals surface area contributed by atoms with Gasteiger partial charge in [-0.25, -0.2) is 4.98 Å². The van der Waals surface area contributed by atoms with E-state index in [1.54, 1.807) is 18.3 Å². The largest absolute Gasteiger partial charge is 0.377 e. The summed E-state index contributed by atoms with van der Waals surface area (Å²) in [5.74, 6) is 0.527. The fourth-order valence-corrected chi connectivity index (χ4v) is 2.79. The van der Waals surface area contributed by atoms with E-state index < -0.39 is 0 Å². The molecule has 2 N–H and O–H groups in total. The molecule has 2 atom stereocenters. The van der Waals surface area contributed by atoms with E-state index in [0.717, 1.165) is 19.3 Å². The molecule has 6 nitrogen and oxygen atoms in total. The van der Waals surface area contributed by atoms with E-state index in [4.69, 9.17) is 4.74 Å². The Kier molecular flexibility index (Phi) is 3.88. The maximum atomic E-state index is 12.5. The third-order valence-corrected chi connectivity index (χ3v) is 3.92. The molecule has 0 bridgehead atoms. The van der Waals surface area contributed by atoms with E-state index in [9.17, 15) is 9.59 Å². The molecule has 0 aromatic carbocycles. The summed E-state index contributed by atoms with van der Waals surface area (Å²) in [4.78, 5) is 27.8. The van der Waals surface area contributed by atoms with Crippen molar-refractivity contribution in [2.75, 3.05) is 17.2 Å². The second-order valence-corrected chi connectivity index (χ2v) is 5.64. The average Bonchev–Trinajstić information content (AvgIpc) is 3.17. The molecule has 21 heavy (non-hydrogen) atoms. The summed E-state index contributed by atoms with van der Waals surface area (Å²) in [5.41, 5.74) is 0.514. The molecule has 1 aliphatic heterocycles. The maximum absolute atomic E-state index is 12.5. The Morgan fingerprint density at radius 3 is 2.81 bits per heavy atom. The van der Waals surface area contributed by atoms with Crippen LogP contribution >= 0.6 is 0 Å². The lowest BCUT2D eigenvalue weighted by atomic mass is 9.97. The molecular weight excluding hydrogens is 270 g/mol. The van der Waals surface area contributed by atoms with Gasteiger partial charge in [-0.3, -0.25) is 9.59 Å². The zero-order valence-corrected chi connectivity index (χ0v) is 12.0. The Morgan fingerprint density at radius 1 is 1.29 bits per heavy atom. The first-order valence-corrected chi connectivity index (χ1v) is 7.30. The topological polar surface area (TPSA) is 80.3 Å². The normalized spacial score (nSPS) is 24.6. The average molecular weight is 289 g/mol. The number of anilines is 2. The summed E-state index contributed by atoms with van der Waals surface area (Å²) in [6.07, 6.45) is 4.67. The second kappa shape index (κ2) is 5.81. The highest BCUT2D eigenvalue weighted by Gasteiger charge is 2.43. The predicted octanol–water partition coefficient (Wildman–Crippen LogP) is 1.79.